The summed E-state index contributed by atoms with van der Waals surface area (Å²) < 4.78 is 0. The molecule has 2 N–H and O–H groups in total. The highest BCUT2D eigenvalue weighted by Crippen LogP contribution is 2.10. The monoisotopic (exact) mass is 205 g/mol. The molecule has 15 heavy (non-hydrogen) atoms. The molecule has 2 heterocycles. The lowest BCUT2D eigenvalue weighted by molar-refractivity contribution is 0.566. The van der Waals surface area contributed by atoms with Crippen LogP contribution in [0.4, 0.5) is 0 Å². The van der Waals surface area contributed by atoms with Crippen LogP contribution in [-0.2, 0) is 12.8 Å². The van der Waals surface area contributed by atoms with Gasteiger partial charge in [0.25, 0.3) is 0 Å². The third-order valence-electron chi connectivity index (χ3n) is 2.21. The molecule has 2 aromatic heterocycles. The number of nitrogens with one attached hydrogen (secondary N) is 2. The van der Waals surface area contributed by atoms with Crippen LogP contribution in [0.25, 0.3) is 0 Å². The highest BCUT2D eigenvalue weighted by atomic mass is 15.3. The van der Waals surface area contributed by atoms with Crippen LogP contribution in [-0.4, -0.2) is 30.6 Å². The lowest BCUT2D eigenvalue weighted by Crippen LogP contribution is -2.03. The molecular weight excluding hydrogens is 192 g/mol. The first kappa shape index (κ1) is 9.82. The molecule has 1 radical (unpaired) electrons. The summed E-state index contributed by atoms with van der Waals surface area (Å²) in [5.74, 6) is 1.15. The smallest absolute Gasteiger partial charge is 0.150 e. The van der Waals surface area contributed by atoms with Crippen molar-refractivity contribution in [1.82, 2.24) is 30.6 Å². The van der Waals surface area contributed by atoms with E-state index in [2.05, 4.69) is 37.5 Å². The van der Waals surface area contributed by atoms with Crippen molar-refractivity contribution in [3.63, 3.8) is 0 Å². The number of aromatic nitrogens is 6. The first-order chi connectivity index (χ1) is 7.34. The lowest BCUT2D eigenvalue weighted by atomic mass is 10.0. The number of nitrogens with zero attached hydrogens (tertiary/aromatic N) is 4. The number of rotatable bonds is 5. The van der Waals surface area contributed by atoms with E-state index in [4.69, 9.17) is 0 Å². The van der Waals surface area contributed by atoms with E-state index in [9.17, 15) is 0 Å². The fraction of sp³-hybridized carbons (Fsp3) is 0.444. The van der Waals surface area contributed by atoms with Gasteiger partial charge in [-0.3, -0.25) is 10.2 Å². The molecule has 6 nitrogen and oxygen atoms in total. The van der Waals surface area contributed by atoms with Crippen molar-refractivity contribution in [3.05, 3.63) is 31.0 Å². The van der Waals surface area contributed by atoms with Gasteiger partial charge in [-0.2, -0.15) is 5.10 Å². The Morgan fingerprint density at radius 1 is 1.40 bits per heavy atom. The highest BCUT2D eigenvalue weighted by Gasteiger charge is 2.07. The second kappa shape index (κ2) is 4.68. The van der Waals surface area contributed by atoms with E-state index < -0.39 is 0 Å². The van der Waals surface area contributed by atoms with Gasteiger partial charge in [-0.05, 0) is 25.7 Å². The van der Waals surface area contributed by atoms with Gasteiger partial charge < -0.3 is 0 Å². The molecule has 0 spiro atoms. The van der Waals surface area contributed by atoms with E-state index in [1.807, 2.05) is 0 Å². The Labute approximate surface area is 87.5 Å². The quantitative estimate of drug-likeness (QED) is 0.746. The normalized spacial score (nSPS) is 12.9. The molecular formula is C9H13N6. The van der Waals surface area contributed by atoms with E-state index >= 15 is 0 Å². The third kappa shape index (κ3) is 2.87. The van der Waals surface area contributed by atoms with E-state index in [0.29, 0.717) is 5.92 Å². The van der Waals surface area contributed by atoms with Gasteiger partial charge in [-0.25, -0.2) is 4.98 Å². The van der Waals surface area contributed by atoms with E-state index in [1.54, 1.807) is 12.5 Å². The largest absolute Gasteiger partial charge is 0.266 e. The van der Waals surface area contributed by atoms with Crippen molar-refractivity contribution < 1.29 is 0 Å². The minimum absolute atomic E-state index is 0.314. The SMILES string of the molecule is [CH2]C(CCc1nc[nH]n1)Cc1c[nH]nn1. The van der Waals surface area contributed by atoms with E-state index in [1.165, 1.54) is 0 Å². The van der Waals surface area contributed by atoms with E-state index in [0.717, 1.165) is 30.8 Å². The topological polar surface area (TPSA) is 83.1 Å². The van der Waals surface area contributed by atoms with Crippen molar-refractivity contribution >= 4 is 0 Å². The Hall–Kier alpha value is -1.72. The molecule has 2 rings (SSSR count). The molecule has 0 saturated heterocycles. The van der Waals surface area contributed by atoms with Crippen LogP contribution in [0.2, 0.25) is 0 Å². The van der Waals surface area contributed by atoms with Crippen molar-refractivity contribution in [2.24, 2.45) is 5.92 Å². The maximum Gasteiger partial charge on any atom is 0.150 e. The fourth-order valence-corrected chi connectivity index (χ4v) is 1.41. The van der Waals surface area contributed by atoms with Crippen LogP contribution in [0.3, 0.4) is 0 Å². The lowest BCUT2D eigenvalue weighted by Gasteiger charge is -2.06. The molecule has 2 aromatic rings. The molecule has 79 valence electrons. The van der Waals surface area contributed by atoms with Gasteiger partial charge in [0, 0.05) is 12.6 Å². The molecule has 6 heteroatoms. The minimum Gasteiger partial charge on any atom is -0.266 e. The highest BCUT2D eigenvalue weighted by molar-refractivity contribution is 4.94. The molecule has 0 fully saturated rings. The maximum absolute atomic E-state index is 4.06. The maximum atomic E-state index is 4.06. The van der Waals surface area contributed by atoms with Gasteiger partial charge in [0.05, 0.1) is 5.69 Å². The molecule has 0 aliphatic heterocycles. The molecule has 0 aliphatic rings. The minimum atomic E-state index is 0.314. The van der Waals surface area contributed by atoms with Crippen LogP contribution in [0, 0.1) is 12.8 Å². The molecule has 1 unspecified atom stereocenters. The second-order valence-corrected chi connectivity index (χ2v) is 3.49. The predicted octanol–water partition coefficient (Wildman–Crippen LogP) is 0.548. The number of hydrogen-bond acceptors (Lipinski definition) is 4. The van der Waals surface area contributed by atoms with Crippen molar-refractivity contribution in [2.75, 3.05) is 0 Å². The molecule has 0 aromatic carbocycles. The number of aryl methyl sites for hydroxylation is 1. The summed E-state index contributed by atoms with van der Waals surface area (Å²) in [6.07, 6.45) is 6.01. The van der Waals surface area contributed by atoms with Crippen LogP contribution in [0.1, 0.15) is 17.9 Å². The molecule has 0 saturated carbocycles. The van der Waals surface area contributed by atoms with Crippen molar-refractivity contribution in [1.29, 1.82) is 0 Å². The van der Waals surface area contributed by atoms with Gasteiger partial charge in [-0.1, -0.05) is 5.21 Å². The second-order valence-electron chi connectivity index (χ2n) is 3.49. The van der Waals surface area contributed by atoms with Crippen molar-refractivity contribution in [2.45, 2.75) is 19.3 Å². The van der Waals surface area contributed by atoms with Crippen LogP contribution in [0.5, 0.6) is 0 Å². The molecule has 1 atom stereocenters. The summed E-state index contributed by atoms with van der Waals surface area (Å²) in [5.41, 5.74) is 0.949. The van der Waals surface area contributed by atoms with Crippen LogP contribution >= 0.6 is 0 Å². The molecule has 0 aliphatic carbocycles. The van der Waals surface area contributed by atoms with Gasteiger partial charge >= 0.3 is 0 Å². The summed E-state index contributed by atoms with van der Waals surface area (Å²) in [4.78, 5) is 4.06. The van der Waals surface area contributed by atoms with Gasteiger partial charge in [0.15, 0.2) is 0 Å². The Morgan fingerprint density at radius 3 is 3.00 bits per heavy atom. The Kier molecular flexibility index (Phi) is 3.06. The first-order valence-electron chi connectivity index (χ1n) is 4.87. The van der Waals surface area contributed by atoms with Crippen molar-refractivity contribution in [3.8, 4) is 0 Å². The zero-order valence-corrected chi connectivity index (χ0v) is 8.35. The zero-order chi connectivity index (χ0) is 10.5. The Morgan fingerprint density at radius 2 is 2.33 bits per heavy atom. The summed E-state index contributed by atoms with van der Waals surface area (Å²) >= 11 is 0. The Bertz CT molecular complexity index is 365. The summed E-state index contributed by atoms with van der Waals surface area (Å²) in [5, 5.41) is 16.9. The third-order valence-corrected chi connectivity index (χ3v) is 2.21. The molecule has 0 bridgehead atoms. The van der Waals surface area contributed by atoms with Gasteiger partial charge in [-0.15, -0.1) is 5.10 Å². The zero-order valence-electron chi connectivity index (χ0n) is 8.35. The van der Waals surface area contributed by atoms with Crippen LogP contribution < -0.4 is 0 Å². The summed E-state index contributed by atoms with van der Waals surface area (Å²) in [6, 6.07) is 0. The first-order valence-corrected chi connectivity index (χ1v) is 4.87. The van der Waals surface area contributed by atoms with Crippen LogP contribution in [0.15, 0.2) is 12.5 Å². The molecule has 0 amide bonds. The number of hydrogen-bond donors (Lipinski definition) is 2. The number of aromatic amines is 2. The fourth-order valence-electron chi connectivity index (χ4n) is 1.41. The average molecular weight is 205 g/mol. The average Bonchev–Trinajstić information content (AvgIpc) is 2.86. The Balaban J connectivity index is 1.76. The van der Waals surface area contributed by atoms with Gasteiger partial charge in [0.2, 0.25) is 0 Å². The summed E-state index contributed by atoms with van der Waals surface area (Å²) in [7, 11) is 0. The standard InChI is InChI=1S/C9H13N6/c1-7(4-8-5-11-15-13-8)2-3-9-10-6-12-14-9/h5-7H,1-4H2,(H,10,12,14)(H,11,13,15). The van der Waals surface area contributed by atoms with Gasteiger partial charge in [0.1, 0.15) is 12.2 Å². The predicted molar refractivity (Wildman–Crippen MR) is 53.6 cm³/mol. The summed E-state index contributed by atoms with van der Waals surface area (Å²) in [6.45, 7) is 4.06. The van der Waals surface area contributed by atoms with E-state index in [-0.39, 0.29) is 0 Å². The number of H-pyrrole nitrogens is 2.